The van der Waals surface area contributed by atoms with Crippen molar-refractivity contribution in [1.82, 2.24) is 0 Å². The van der Waals surface area contributed by atoms with Gasteiger partial charge in [-0.3, -0.25) is 14.4 Å². The monoisotopic (exact) mass is 1420 g/mol. The van der Waals surface area contributed by atoms with Crippen molar-refractivity contribution < 1.29 is 14.4 Å². The van der Waals surface area contributed by atoms with Crippen molar-refractivity contribution in [2.45, 2.75) is 250 Å². The van der Waals surface area contributed by atoms with E-state index >= 15 is 0 Å². The Labute approximate surface area is 616 Å². The molecule has 3 nitrogen and oxygen atoms in total. The molecule has 516 valence electrons. The SMILES string of the molecule is CCCCCCC1(CCCCCC)c2cc(-c3ccc(-c4ccc(C=O)s4)s3)ccc2-c2c1c1c(c3c2C(CCCCCC)(CCCCCC)c2cc(-c4ccc(-c5ccc(C=O)s5)s4)ccc2-3)C(CCCCCC)(CCCCCC)c2cc(-c3ccc(-c4ccc(C=O)s4)s3)ccc2-1. The molecule has 4 aromatic carbocycles. The summed E-state index contributed by atoms with van der Waals surface area (Å²) in [7, 11) is 0. The van der Waals surface area contributed by atoms with Crippen LogP contribution in [0, 0.1) is 0 Å². The van der Waals surface area contributed by atoms with Gasteiger partial charge in [-0.2, -0.15) is 0 Å². The van der Waals surface area contributed by atoms with Crippen LogP contribution >= 0.6 is 68.0 Å². The number of fused-ring (bicyclic) bond motifs is 12. The zero-order valence-corrected chi connectivity index (χ0v) is 64.6. The van der Waals surface area contributed by atoms with Crippen molar-refractivity contribution in [2.24, 2.45) is 0 Å². The fourth-order valence-electron chi connectivity index (χ4n) is 17.9. The van der Waals surface area contributed by atoms with Gasteiger partial charge in [0.2, 0.25) is 0 Å². The van der Waals surface area contributed by atoms with E-state index in [0.29, 0.717) is 0 Å². The predicted octanol–water partition coefficient (Wildman–Crippen LogP) is 30.1. The molecule has 6 aromatic heterocycles. The summed E-state index contributed by atoms with van der Waals surface area (Å²) in [5, 5.41) is 0. The zero-order valence-electron chi connectivity index (χ0n) is 59.7. The van der Waals surface area contributed by atoms with E-state index in [2.05, 4.69) is 151 Å². The van der Waals surface area contributed by atoms with Crippen molar-refractivity contribution in [1.29, 1.82) is 0 Å². The lowest BCUT2D eigenvalue weighted by atomic mass is 9.63. The number of carbonyl (C=O) groups excluding carboxylic acids is 3. The molecule has 0 bridgehead atoms. The number of rotatable bonds is 39. The third-order valence-corrected chi connectivity index (χ3v) is 29.7. The summed E-state index contributed by atoms with van der Waals surface area (Å²) in [6.07, 6.45) is 39.0. The molecule has 3 aliphatic rings. The van der Waals surface area contributed by atoms with Gasteiger partial charge in [0.15, 0.2) is 18.9 Å². The normalized spacial score (nSPS) is 14.1. The molecule has 0 radical (unpaired) electrons. The van der Waals surface area contributed by atoms with Gasteiger partial charge in [0.25, 0.3) is 0 Å². The molecule has 10 aromatic rings. The average Bonchev–Trinajstić information content (AvgIpc) is 1.48. The molecular weight excluding hydrogens is 1320 g/mol. The molecule has 0 atom stereocenters. The van der Waals surface area contributed by atoms with E-state index in [1.807, 2.05) is 52.2 Å². The maximum atomic E-state index is 12.1. The van der Waals surface area contributed by atoms with Crippen LogP contribution in [0.25, 0.3) is 94.0 Å². The van der Waals surface area contributed by atoms with Gasteiger partial charge in [0, 0.05) is 60.1 Å². The molecule has 0 fully saturated rings. The third kappa shape index (κ3) is 14.0. The molecule has 9 heteroatoms. The lowest BCUT2D eigenvalue weighted by Crippen LogP contribution is -2.31. The Morgan fingerprint density at radius 2 is 0.475 bits per heavy atom. The highest BCUT2D eigenvalue weighted by molar-refractivity contribution is 7.25. The number of thiophene rings is 6. The lowest BCUT2D eigenvalue weighted by Gasteiger charge is -2.40. The van der Waals surface area contributed by atoms with E-state index in [0.717, 1.165) is 86.6 Å². The summed E-state index contributed by atoms with van der Waals surface area (Å²) in [5.41, 5.74) is 22.3. The predicted molar refractivity (Wildman–Crippen MR) is 434 cm³/mol. The highest BCUT2D eigenvalue weighted by Crippen LogP contribution is 2.72. The molecule has 0 N–H and O–H groups in total. The first-order valence-corrected chi connectivity index (χ1v) is 43.2. The van der Waals surface area contributed by atoms with Gasteiger partial charge in [-0.15, -0.1) is 68.0 Å². The molecule has 99 heavy (non-hydrogen) atoms. The average molecular weight is 1420 g/mol. The minimum absolute atomic E-state index is 0.247. The van der Waals surface area contributed by atoms with Gasteiger partial charge in [-0.05, 0) is 213 Å². The molecule has 0 spiro atoms. The Hall–Kier alpha value is -5.91. The van der Waals surface area contributed by atoms with E-state index in [9.17, 15) is 14.4 Å². The summed E-state index contributed by atoms with van der Waals surface area (Å²) in [6, 6.07) is 50.2. The van der Waals surface area contributed by atoms with Crippen molar-refractivity contribution in [3.63, 3.8) is 0 Å². The standard InChI is InChI=1S/C90H102O3S6/c1-7-13-19-25-49-88(50-26-20-14-8-2)70-55-61(73-43-46-79(97-73)76-40-34-64(58-91)94-76)31-37-67(70)82-85(88)83-68-38-32-62(74-44-47-80(98-74)77-41-35-65(59-92)95-77)56-71(68)89(51-27-21-15-9-3,52-28-22-16-10-4)87(83)84-69-39-33-63(75-45-48-81(99-75)78-42-36-66(60-93)96-78)57-72(69)90(86(82)84,53-29-23-17-11-5)54-30-24-18-12-6/h31-48,55-60H,7-30,49-54H2,1-6H3. The van der Waals surface area contributed by atoms with E-state index in [1.54, 1.807) is 84.1 Å². The molecule has 0 saturated carbocycles. The van der Waals surface area contributed by atoms with Crippen LogP contribution < -0.4 is 0 Å². The van der Waals surface area contributed by atoms with Crippen molar-refractivity contribution in [3.8, 4) is 94.0 Å². The second-order valence-electron chi connectivity index (χ2n) is 29.1. The topological polar surface area (TPSA) is 51.2 Å². The third-order valence-electron chi connectivity index (χ3n) is 22.7. The number of hydrogen-bond donors (Lipinski definition) is 0. The molecule has 0 amide bonds. The van der Waals surface area contributed by atoms with Crippen molar-refractivity contribution in [3.05, 3.63) is 175 Å². The lowest BCUT2D eigenvalue weighted by molar-refractivity contribution is 0.111. The van der Waals surface area contributed by atoms with Gasteiger partial charge in [0.1, 0.15) is 0 Å². The number of hydrogen-bond acceptors (Lipinski definition) is 9. The zero-order chi connectivity index (χ0) is 68.5. The highest BCUT2D eigenvalue weighted by Gasteiger charge is 2.58. The minimum Gasteiger partial charge on any atom is -0.297 e. The number of benzene rings is 4. The second-order valence-corrected chi connectivity index (χ2v) is 35.7. The Kier molecular flexibility index (Phi) is 23.5. The Balaban J connectivity index is 1.16. The smallest absolute Gasteiger partial charge is 0.160 e. The van der Waals surface area contributed by atoms with Crippen LogP contribution in [0.15, 0.2) is 127 Å². The molecule has 0 unspecified atom stereocenters. The summed E-state index contributed by atoms with van der Waals surface area (Å²) in [5.74, 6) is 0. The van der Waals surface area contributed by atoms with E-state index in [4.69, 9.17) is 0 Å². The fourth-order valence-corrected chi connectivity index (χ4v) is 23.7. The second kappa shape index (κ2) is 32.6. The molecular formula is C90H102O3S6. The molecule has 6 heterocycles. The van der Waals surface area contributed by atoms with Crippen molar-refractivity contribution in [2.75, 3.05) is 0 Å². The summed E-state index contributed by atoms with van der Waals surface area (Å²) in [4.78, 5) is 49.5. The molecule has 0 saturated heterocycles. The Bertz CT molecular complexity index is 3930. The van der Waals surface area contributed by atoms with E-state index in [1.165, 1.54) is 217 Å². The molecule has 3 aliphatic carbocycles. The first kappa shape index (κ1) is 71.5. The highest BCUT2D eigenvalue weighted by atomic mass is 32.1. The Morgan fingerprint density at radius 1 is 0.253 bits per heavy atom. The van der Waals surface area contributed by atoms with Crippen LogP contribution in [0.3, 0.4) is 0 Å². The van der Waals surface area contributed by atoms with Gasteiger partial charge >= 0.3 is 0 Å². The summed E-state index contributed by atoms with van der Waals surface area (Å²) < 4.78 is 0. The first-order valence-electron chi connectivity index (χ1n) is 38.3. The number of aldehydes is 3. The van der Waals surface area contributed by atoms with E-state index < -0.39 is 0 Å². The van der Waals surface area contributed by atoms with Gasteiger partial charge < -0.3 is 0 Å². The summed E-state index contributed by atoms with van der Waals surface area (Å²) in [6.45, 7) is 14.3. The number of unbranched alkanes of at least 4 members (excludes halogenated alkanes) is 18. The fraction of sp³-hybridized carbons (Fsp3) is 0.433. The maximum absolute atomic E-state index is 12.1. The van der Waals surface area contributed by atoms with Gasteiger partial charge in [-0.25, -0.2) is 0 Å². The van der Waals surface area contributed by atoms with Crippen LogP contribution in [0.2, 0.25) is 0 Å². The quantitative estimate of drug-likeness (QED) is 0.0285. The molecule has 13 rings (SSSR count). The van der Waals surface area contributed by atoms with Gasteiger partial charge in [-0.1, -0.05) is 232 Å². The largest absolute Gasteiger partial charge is 0.297 e. The van der Waals surface area contributed by atoms with Crippen LogP contribution in [0.5, 0.6) is 0 Å². The molecule has 0 aliphatic heterocycles. The maximum Gasteiger partial charge on any atom is 0.160 e. The van der Waals surface area contributed by atoms with Crippen LogP contribution in [-0.4, -0.2) is 18.9 Å². The van der Waals surface area contributed by atoms with Crippen LogP contribution in [0.1, 0.15) is 297 Å². The van der Waals surface area contributed by atoms with E-state index in [-0.39, 0.29) is 16.2 Å². The van der Waals surface area contributed by atoms with Crippen LogP contribution in [0.4, 0.5) is 0 Å². The van der Waals surface area contributed by atoms with Crippen molar-refractivity contribution >= 4 is 86.9 Å². The Morgan fingerprint density at radius 3 is 0.697 bits per heavy atom. The van der Waals surface area contributed by atoms with Gasteiger partial charge in [0.05, 0.1) is 14.6 Å². The first-order chi connectivity index (χ1) is 48.6. The van der Waals surface area contributed by atoms with Crippen LogP contribution in [-0.2, 0) is 16.2 Å². The summed E-state index contributed by atoms with van der Waals surface area (Å²) >= 11 is 10.4. The number of carbonyl (C=O) groups is 3. The minimum atomic E-state index is -0.247.